The number of benzene rings is 1. The second kappa shape index (κ2) is 5.82. The van der Waals surface area contributed by atoms with Gasteiger partial charge in [-0.05, 0) is 29.1 Å². The van der Waals surface area contributed by atoms with Crippen LogP contribution >= 0.6 is 11.3 Å². The molecule has 1 saturated heterocycles. The number of piperazine rings is 1. The Morgan fingerprint density at radius 2 is 1.84 bits per heavy atom. The topological polar surface area (TPSA) is 15.3 Å². The predicted octanol–water partition coefficient (Wildman–Crippen LogP) is 2.88. The second-order valence-corrected chi connectivity index (χ2v) is 5.73. The van der Waals surface area contributed by atoms with Crippen molar-refractivity contribution < 1.29 is 4.39 Å². The molecule has 0 amide bonds. The number of nitrogens with one attached hydrogen (secondary N) is 1. The van der Waals surface area contributed by atoms with Gasteiger partial charge >= 0.3 is 0 Å². The van der Waals surface area contributed by atoms with Gasteiger partial charge in [-0.1, -0.05) is 18.2 Å². The van der Waals surface area contributed by atoms with Gasteiger partial charge < -0.3 is 5.32 Å². The lowest BCUT2D eigenvalue weighted by Crippen LogP contribution is -2.45. The van der Waals surface area contributed by atoms with Crippen molar-refractivity contribution in [3.05, 3.63) is 58.0 Å². The van der Waals surface area contributed by atoms with Gasteiger partial charge in [-0.3, -0.25) is 4.90 Å². The summed E-state index contributed by atoms with van der Waals surface area (Å²) in [4.78, 5) is 3.80. The molecule has 0 saturated carbocycles. The molecule has 0 bridgehead atoms. The number of nitrogens with zero attached hydrogens (tertiary/aromatic N) is 1. The molecule has 2 nitrogen and oxygen atoms in total. The fourth-order valence-electron chi connectivity index (χ4n) is 2.59. The van der Waals surface area contributed by atoms with Crippen LogP contribution in [-0.4, -0.2) is 31.1 Å². The zero-order chi connectivity index (χ0) is 13.1. The van der Waals surface area contributed by atoms with Gasteiger partial charge in [0.15, 0.2) is 0 Å². The van der Waals surface area contributed by atoms with E-state index in [1.54, 1.807) is 23.5 Å². The van der Waals surface area contributed by atoms with Gasteiger partial charge in [0.25, 0.3) is 0 Å². The van der Waals surface area contributed by atoms with Crippen molar-refractivity contribution in [1.82, 2.24) is 10.2 Å². The molecule has 3 rings (SSSR count). The molecule has 1 atom stereocenters. The van der Waals surface area contributed by atoms with Crippen LogP contribution in [0.3, 0.4) is 0 Å². The molecule has 0 spiro atoms. The minimum absolute atomic E-state index is 0.172. The summed E-state index contributed by atoms with van der Waals surface area (Å²) in [5.41, 5.74) is 1.17. The second-order valence-electron chi connectivity index (χ2n) is 4.76. The van der Waals surface area contributed by atoms with E-state index in [1.807, 2.05) is 12.1 Å². The molecular formula is C15H17FN2S. The van der Waals surface area contributed by atoms with Gasteiger partial charge in [-0.25, -0.2) is 4.39 Å². The molecule has 0 radical (unpaired) electrons. The van der Waals surface area contributed by atoms with E-state index >= 15 is 0 Å². The standard InChI is InChI=1S/C15H17FN2S/c16-13-5-3-12(4-6-13)15(14-2-1-11-19-14)18-9-7-17-8-10-18/h1-6,11,15,17H,7-10H2. The van der Waals surface area contributed by atoms with Crippen molar-refractivity contribution in [3.8, 4) is 0 Å². The van der Waals surface area contributed by atoms with Crippen LogP contribution in [0.5, 0.6) is 0 Å². The van der Waals surface area contributed by atoms with Crippen molar-refractivity contribution in [3.63, 3.8) is 0 Å². The monoisotopic (exact) mass is 276 g/mol. The van der Waals surface area contributed by atoms with Gasteiger partial charge in [0.05, 0.1) is 6.04 Å². The van der Waals surface area contributed by atoms with Crippen molar-refractivity contribution in [2.75, 3.05) is 26.2 Å². The predicted molar refractivity (Wildman–Crippen MR) is 77.0 cm³/mol. The SMILES string of the molecule is Fc1ccc(C(c2cccs2)N2CCNCC2)cc1. The maximum Gasteiger partial charge on any atom is 0.123 e. The van der Waals surface area contributed by atoms with Crippen LogP contribution in [0.25, 0.3) is 0 Å². The third kappa shape index (κ3) is 2.86. The summed E-state index contributed by atoms with van der Waals surface area (Å²) in [6, 6.07) is 11.4. The summed E-state index contributed by atoms with van der Waals surface area (Å²) in [5, 5.41) is 5.48. The van der Waals surface area contributed by atoms with E-state index in [0.717, 1.165) is 26.2 Å². The summed E-state index contributed by atoms with van der Waals surface area (Å²) < 4.78 is 13.1. The molecule has 2 aromatic rings. The molecule has 1 aliphatic heterocycles. The van der Waals surface area contributed by atoms with Crippen molar-refractivity contribution in [2.45, 2.75) is 6.04 Å². The van der Waals surface area contributed by atoms with Crippen LogP contribution in [0.15, 0.2) is 41.8 Å². The molecule has 100 valence electrons. The van der Waals surface area contributed by atoms with Crippen LogP contribution in [-0.2, 0) is 0 Å². The smallest absolute Gasteiger partial charge is 0.123 e. The minimum atomic E-state index is -0.172. The normalized spacial score (nSPS) is 18.4. The fraction of sp³-hybridized carbons (Fsp3) is 0.333. The van der Waals surface area contributed by atoms with Gasteiger partial charge in [0, 0.05) is 31.1 Å². The first-order valence-electron chi connectivity index (χ1n) is 6.58. The van der Waals surface area contributed by atoms with E-state index in [9.17, 15) is 4.39 Å². The highest BCUT2D eigenvalue weighted by atomic mass is 32.1. The highest BCUT2D eigenvalue weighted by molar-refractivity contribution is 7.10. The number of rotatable bonds is 3. The third-order valence-electron chi connectivity index (χ3n) is 3.52. The van der Waals surface area contributed by atoms with E-state index < -0.39 is 0 Å². The molecule has 4 heteroatoms. The Kier molecular flexibility index (Phi) is 3.92. The van der Waals surface area contributed by atoms with E-state index in [0.29, 0.717) is 0 Å². The maximum atomic E-state index is 13.1. The highest BCUT2D eigenvalue weighted by Gasteiger charge is 2.24. The molecule has 19 heavy (non-hydrogen) atoms. The van der Waals surface area contributed by atoms with E-state index in [4.69, 9.17) is 0 Å². The Balaban J connectivity index is 1.93. The minimum Gasteiger partial charge on any atom is -0.314 e. The summed E-state index contributed by atoms with van der Waals surface area (Å²) in [6.45, 7) is 4.09. The zero-order valence-corrected chi connectivity index (χ0v) is 11.5. The lowest BCUT2D eigenvalue weighted by molar-refractivity contribution is 0.200. The first kappa shape index (κ1) is 12.8. The van der Waals surface area contributed by atoms with E-state index in [2.05, 4.69) is 27.7 Å². The lowest BCUT2D eigenvalue weighted by atomic mass is 10.0. The van der Waals surface area contributed by atoms with Crippen LogP contribution in [0, 0.1) is 5.82 Å². The Bertz CT molecular complexity index is 503. The van der Waals surface area contributed by atoms with E-state index in [-0.39, 0.29) is 11.9 Å². The summed E-state index contributed by atoms with van der Waals surface area (Å²) in [6.07, 6.45) is 0. The summed E-state index contributed by atoms with van der Waals surface area (Å²) in [7, 11) is 0. The van der Waals surface area contributed by atoms with Crippen molar-refractivity contribution >= 4 is 11.3 Å². The van der Waals surface area contributed by atoms with Gasteiger partial charge in [-0.2, -0.15) is 0 Å². The zero-order valence-electron chi connectivity index (χ0n) is 10.7. The number of thiophene rings is 1. The van der Waals surface area contributed by atoms with Crippen molar-refractivity contribution in [2.24, 2.45) is 0 Å². The first-order chi connectivity index (χ1) is 9.34. The van der Waals surface area contributed by atoms with Crippen molar-refractivity contribution in [1.29, 1.82) is 0 Å². The van der Waals surface area contributed by atoms with Crippen LogP contribution < -0.4 is 5.32 Å². The van der Waals surface area contributed by atoms with Gasteiger partial charge in [-0.15, -0.1) is 11.3 Å². The molecule has 0 aliphatic carbocycles. The molecule has 2 heterocycles. The summed E-state index contributed by atoms with van der Waals surface area (Å²) in [5.74, 6) is -0.172. The first-order valence-corrected chi connectivity index (χ1v) is 7.46. The highest BCUT2D eigenvalue weighted by Crippen LogP contribution is 2.31. The fourth-order valence-corrected chi connectivity index (χ4v) is 3.47. The van der Waals surface area contributed by atoms with Gasteiger partial charge in [0.2, 0.25) is 0 Å². The largest absolute Gasteiger partial charge is 0.314 e. The Morgan fingerprint density at radius 1 is 1.11 bits per heavy atom. The quantitative estimate of drug-likeness (QED) is 0.927. The molecule has 1 aromatic carbocycles. The van der Waals surface area contributed by atoms with Crippen LogP contribution in [0.1, 0.15) is 16.5 Å². The molecule has 1 aromatic heterocycles. The maximum absolute atomic E-state index is 13.1. The summed E-state index contributed by atoms with van der Waals surface area (Å²) >= 11 is 1.77. The third-order valence-corrected chi connectivity index (χ3v) is 4.44. The van der Waals surface area contributed by atoms with Crippen LogP contribution in [0.2, 0.25) is 0 Å². The number of hydrogen-bond donors (Lipinski definition) is 1. The van der Waals surface area contributed by atoms with Crippen LogP contribution in [0.4, 0.5) is 4.39 Å². The molecule has 1 fully saturated rings. The Morgan fingerprint density at radius 3 is 2.47 bits per heavy atom. The average molecular weight is 276 g/mol. The Labute approximate surface area is 116 Å². The van der Waals surface area contributed by atoms with E-state index in [1.165, 1.54) is 10.4 Å². The number of halogens is 1. The number of hydrogen-bond acceptors (Lipinski definition) is 3. The van der Waals surface area contributed by atoms with Gasteiger partial charge in [0.1, 0.15) is 5.82 Å². The Hall–Kier alpha value is -1.23. The molecule has 1 aliphatic rings. The molecular weight excluding hydrogens is 259 g/mol. The molecule has 1 N–H and O–H groups in total. The average Bonchev–Trinajstić information content (AvgIpc) is 2.96. The molecule has 1 unspecified atom stereocenters. The lowest BCUT2D eigenvalue weighted by Gasteiger charge is -2.34.